The lowest BCUT2D eigenvalue weighted by Gasteiger charge is -2.42. The van der Waals surface area contributed by atoms with Crippen LogP contribution in [0.5, 0.6) is 0 Å². The number of aliphatic hydroxyl groups is 1. The van der Waals surface area contributed by atoms with Gasteiger partial charge in [-0.15, -0.1) is 0 Å². The van der Waals surface area contributed by atoms with Crippen molar-refractivity contribution in [2.75, 3.05) is 0 Å². The van der Waals surface area contributed by atoms with E-state index in [0.29, 0.717) is 19.3 Å². The molecule has 0 radical (unpaired) electrons. The fourth-order valence-corrected chi connectivity index (χ4v) is 2.31. The van der Waals surface area contributed by atoms with Crippen LogP contribution in [0.25, 0.3) is 0 Å². The van der Waals surface area contributed by atoms with E-state index in [1.165, 1.54) is 0 Å². The second-order valence-corrected chi connectivity index (χ2v) is 4.27. The van der Waals surface area contributed by atoms with Crippen LogP contribution < -0.4 is 0 Å². The predicted octanol–water partition coefficient (Wildman–Crippen LogP) is 1.44. The molecule has 0 spiro atoms. The van der Waals surface area contributed by atoms with Gasteiger partial charge in [0.15, 0.2) is 0 Å². The molecule has 0 aromatic rings. The molecular weight excluding hydrogens is 152 g/mol. The number of carbonyl (C=O) groups excluding carboxylic acids is 1. The van der Waals surface area contributed by atoms with E-state index in [0.717, 1.165) is 6.42 Å². The molecule has 2 rings (SSSR count). The molecule has 66 valence electrons. The van der Waals surface area contributed by atoms with Crippen molar-refractivity contribution < 1.29 is 9.90 Å². The Morgan fingerprint density at radius 2 is 2.33 bits per heavy atom. The van der Waals surface area contributed by atoms with Crippen LogP contribution in [0.1, 0.15) is 32.6 Å². The smallest absolute Gasteiger partial charge is 0.135 e. The molecule has 1 N–H and O–H groups in total. The van der Waals surface area contributed by atoms with Gasteiger partial charge in [0.1, 0.15) is 5.78 Å². The summed E-state index contributed by atoms with van der Waals surface area (Å²) in [4.78, 5) is 11.2. The minimum atomic E-state index is -0.762. The van der Waals surface area contributed by atoms with Gasteiger partial charge < -0.3 is 5.11 Å². The number of carbonyl (C=O) groups is 1. The maximum atomic E-state index is 11.2. The van der Waals surface area contributed by atoms with Crippen molar-refractivity contribution in [2.24, 2.45) is 5.41 Å². The molecule has 2 nitrogen and oxygen atoms in total. The van der Waals surface area contributed by atoms with Crippen LogP contribution in [-0.4, -0.2) is 16.5 Å². The number of rotatable bonds is 0. The van der Waals surface area contributed by atoms with Crippen LogP contribution in [0.3, 0.4) is 0 Å². The number of ketones is 1. The molecule has 2 aliphatic carbocycles. The largest absolute Gasteiger partial charge is 0.388 e. The molecule has 2 unspecified atom stereocenters. The maximum absolute atomic E-state index is 11.2. The monoisotopic (exact) mass is 166 g/mol. The summed E-state index contributed by atoms with van der Waals surface area (Å²) in [6, 6.07) is 0. The van der Waals surface area contributed by atoms with Gasteiger partial charge in [-0.3, -0.25) is 4.79 Å². The highest BCUT2D eigenvalue weighted by molar-refractivity contribution is 5.81. The van der Waals surface area contributed by atoms with E-state index in [4.69, 9.17) is 0 Å². The van der Waals surface area contributed by atoms with Crippen molar-refractivity contribution in [1.82, 2.24) is 0 Å². The molecule has 1 saturated carbocycles. The standard InChI is InChI=1S/C10H14O2/c1-9-4-2-5-10(9,12)7-8(11)3-6-9/h2,4,12H,3,5-7H2,1H3. The van der Waals surface area contributed by atoms with Gasteiger partial charge >= 0.3 is 0 Å². The van der Waals surface area contributed by atoms with Crippen LogP contribution in [0.2, 0.25) is 0 Å². The highest BCUT2D eigenvalue weighted by Gasteiger charge is 2.51. The first-order valence-corrected chi connectivity index (χ1v) is 4.48. The van der Waals surface area contributed by atoms with Gasteiger partial charge in [-0.1, -0.05) is 19.1 Å². The van der Waals surface area contributed by atoms with Crippen LogP contribution >= 0.6 is 0 Å². The van der Waals surface area contributed by atoms with Crippen molar-refractivity contribution in [2.45, 2.75) is 38.2 Å². The lowest BCUT2D eigenvalue weighted by Crippen LogP contribution is -2.47. The Labute approximate surface area is 72.3 Å². The predicted molar refractivity (Wildman–Crippen MR) is 45.7 cm³/mol. The van der Waals surface area contributed by atoms with Gasteiger partial charge in [0.2, 0.25) is 0 Å². The minimum Gasteiger partial charge on any atom is -0.388 e. The fraction of sp³-hybridized carbons (Fsp3) is 0.700. The molecule has 0 heterocycles. The van der Waals surface area contributed by atoms with Crippen molar-refractivity contribution in [3.05, 3.63) is 12.2 Å². The third-order valence-electron chi connectivity index (χ3n) is 3.42. The van der Waals surface area contributed by atoms with Gasteiger partial charge in [0, 0.05) is 18.3 Å². The quantitative estimate of drug-likeness (QED) is 0.553. The molecule has 0 bridgehead atoms. The second-order valence-electron chi connectivity index (χ2n) is 4.27. The molecule has 0 amide bonds. The Bertz CT molecular complexity index is 257. The molecule has 2 aliphatic rings. The summed E-state index contributed by atoms with van der Waals surface area (Å²) >= 11 is 0. The minimum absolute atomic E-state index is 0.138. The van der Waals surface area contributed by atoms with Crippen molar-refractivity contribution >= 4 is 5.78 Å². The molecule has 2 heteroatoms. The zero-order valence-electron chi connectivity index (χ0n) is 7.34. The van der Waals surface area contributed by atoms with E-state index in [1.54, 1.807) is 0 Å². The molecule has 0 aliphatic heterocycles. The summed E-state index contributed by atoms with van der Waals surface area (Å²) in [5.41, 5.74) is -0.900. The third-order valence-corrected chi connectivity index (χ3v) is 3.42. The number of Topliss-reactive ketones (excluding diaryl/α,β-unsaturated/α-hetero) is 1. The SMILES string of the molecule is CC12C=CCC1(O)CC(=O)CC2. The lowest BCUT2D eigenvalue weighted by molar-refractivity contribution is -0.136. The summed E-state index contributed by atoms with van der Waals surface area (Å²) < 4.78 is 0. The third kappa shape index (κ3) is 0.876. The summed E-state index contributed by atoms with van der Waals surface area (Å²) in [6.07, 6.45) is 6.49. The lowest BCUT2D eigenvalue weighted by atomic mass is 9.66. The number of fused-ring (bicyclic) bond motifs is 1. The van der Waals surface area contributed by atoms with Crippen molar-refractivity contribution in [3.8, 4) is 0 Å². The molecule has 0 saturated heterocycles. The van der Waals surface area contributed by atoms with Crippen LogP contribution in [0, 0.1) is 5.41 Å². The summed E-state index contributed by atoms with van der Waals surface area (Å²) in [6.45, 7) is 2.04. The summed E-state index contributed by atoms with van der Waals surface area (Å²) in [5.74, 6) is 0.207. The van der Waals surface area contributed by atoms with Gasteiger partial charge in [0.05, 0.1) is 5.60 Å². The Hall–Kier alpha value is -0.630. The average Bonchev–Trinajstić information content (AvgIpc) is 2.26. The van der Waals surface area contributed by atoms with Crippen molar-refractivity contribution in [3.63, 3.8) is 0 Å². The fourth-order valence-electron chi connectivity index (χ4n) is 2.31. The second kappa shape index (κ2) is 2.19. The first-order valence-electron chi connectivity index (χ1n) is 4.48. The Morgan fingerprint density at radius 3 is 3.08 bits per heavy atom. The van der Waals surface area contributed by atoms with Crippen LogP contribution in [0.15, 0.2) is 12.2 Å². The normalized spacial score (nSPS) is 46.3. The van der Waals surface area contributed by atoms with Gasteiger partial charge in [-0.2, -0.15) is 0 Å². The summed E-state index contributed by atoms with van der Waals surface area (Å²) in [7, 11) is 0. The molecule has 12 heavy (non-hydrogen) atoms. The van der Waals surface area contributed by atoms with E-state index in [9.17, 15) is 9.90 Å². The van der Waals surface area contributed by atoms with Crippen LogP contribution in [0.4, 0.5) is 0 Å². The highest BCUT2D eigenvalue weighted by atomic mass is 16.3. The molecule has 0 aromatic carbocycles. The zero-order chi connectivity index (χ0) is 8.82. The first-order chi connectivity index (χ1) is 5.56. The van der Waals surface area contributed by atoms with E-state index >= 15 is 0 Å². The topological polar surface area (TPSA) is 37.3 Å². The Kier molecular flexibility index (Phi) is 1.46. The molecule has 2 atom stereocenters. The van der Waals surface area contributed by atoms with Crippen LogP contribution in [-0.2, 0) is 4.79 Å². The van der Waals surface area contributed by atoms with Crippen molar-refractivity contribution in [1.29, 1.82) is 0 Å². The van der Waals surface area contributed by atoms with E-state index in [2.05, 4.69) is 6.08 Å². The van der Waals surface area contributed by atoms with E-state index < -0.39 is 5.60 Å². The van der Waals surface area contributed by atoms with Gasteiger partial charge in [-0.05, 0) is 12.8 Å². The van der Waals surface area contributed by atoms with Gasteiger partial charge in [0.25, 0.3) is 0 Å². The maximum Gasteiger partial charge on any atom is 0.135 e. The van der Waals surface area contributed by atoms with E-state index in [-0.39, 0.29) is 11.2 Å². The Morgan fingerprint density at radius 1 is 1.58 bits per heavy atom. The Balaban J connectivity index is 2.32. The first kappa shape index (κ1) is 7.99. The molecule has 0 aromatic heterocycles. The number of hydrogen-bond acceptors (Lipinski definition) is 2. The highest BCUT2D eigenvalue weighted by Crippen LogP contribution is 2.49. The number of hydrogen-bond donors (Lipinski definition) is 1. The zero-order valence-corrected chi connectivity index (χ0v) is 7.34. The molecular formula is C10H14O2. The molecule has 1 fully saturated rings. The van der Waals surface area contributed by atoms with E-state index in [1.807, 2.05) is 13.0 Å². The summed E-state index contributed by atoms with van der Waals surface area (Å²) in [5, 5.41) is 10.2. The average molecular weight is 166 g/mol. The van der Waals surface area contributed by atoms with Gasteiger partial charge in [-0.25, -0.2) is 0 Å².